The minimum absolute atomic E-state index is 0.106. The number of hydrogen-bond donors (Lipinski definition) is 1. The summed E-state index contributed by atoms with van der Waals surface area (Å²) in [6.07, 6.45) is 4.94. The fourth-order valence-corrected chi connectivity index (χ4v) is 4.52. The molecule has 3 heterocycles. The number of carbonyl (C=O) groups excluding carboxylic acids is 1. The summed E-state index contributed by atoms with van der Waals surface area (Å²) in [5.41, 5.74) is 2.46. The van der Waals surface area contributed by atoms with Gasteiger partial charge in [-0.05, 0) is 44.4 Å². The van der Waals surface area contributed by atoms with Crippen LogP contribution in [0.2, 0.25) is 0 Å². The van der Waals surface area contributed by atoms with Crippen LogP contribution in [0.4, 0.5) is 16.5 Å². The van der Waals surface area contributed by atoms with Crippen LogP contribution in [-0.2, 0) is 0 Å². The molecule has 8 nitrogen and oxygen atoms in total. The molecule has 2 aromatic heterocycles. The Morgan fingerprint density at radius 2 is 2.00 bits per heavy atom. The molecule has 0 aliphatic carbocycles. The number of aromatic nitrogens is 2. The Bertz CT molecular complexity index is 1080. The minimum atomic E-state index is -0.483. The van der Waals surface area contributed by atoms with Gasteiger partial charge < -0.3 is 4.90 Å². The summed E-state index contributed by atoms with van der Waals surface area (Å²) in [4.78, 5) is 35.7. The largest absolute Gasteiger partial charge is 0.371 e. The van der Waals surface area contributed by atoms with Crippen molar-refractivity contribution in [1.82, 2.24) is 9.97 Å². The second-order valence-electron chi connectivity index (χ2n) is 7.11. The maximum atomic E-state index is 13.1. The molecule has 0 spiro atoms. The first-order chi connectivity index (χ1) is 14.5. The van der Waals surface area contributed by atoms with Crippen molar-refractivity contribution in [3.05, 3.63) is 64.0 Å². The van der Waals surface area contributed by atoms with Gasteiger partial charge >= 0.3 is 0 Å². The molecular formula is C21H21N5O3S. The first-order valence-corrected chi connectivity index (χ1v) is 10.6. The number of anilines is 2. The molecule has 0 unspecified atom stereocenters. The first-order valence-electron chi connectivity index (χ1n) is 9.76. The number of nitrogens with one attached hydrogen (secondary N) is 1. The second-order valence-corrected chi connectivity index (χ2v) is 8.11. The summed E-state index contributed by atoms with van der Waals surface area (Å²) in [5, 5.41) is 14.5. The Hall–Kier alpha value is -3.33. The van der Waals surface area contributed by atoms with E-state index in [1.54, 1.807) is 12.3 Å². The molecule has 1 amide bonds. The number of non-ortho nitro benzene ring substituents is 1. The highest BCUT2D eigenvalue weighted by atomic mass is 32.1. The van der Waals surface area contributed by atoms with E-state index in [1.807, 2.05) is 25.1 Å². The predicted octanol–water partition coefficient (Wildman–Crippen LogP) is 4.66. The van der Waals surface area contributed by atoms with Crippen molar-refractivity contribution >= 4 is 33.8 Å². The summed E-state index contributed by atoms with van der Waals surface area (Å²) in [6.45, 7) is 3.53. The molecule has 30 heavy (non-hydrogen) atoms. The molecule has 0 atom stereocenters. The maximum Gasteiger partial charge on any atom is 0.270 e. The predicted molar refractivity (Wildman–Crippen MR) is 117 cm³/mol. The van der Waals surface area contributed by atoms with E-state index in [4.69, 9.17) is 0 Å². The van der Waals surface area contributed by atoms with Gasteiger partial charge in [-0.2, -0.15) is 0 Å². The summed E-state index contributed by atoms with van der Waals surface area (Å²) in [6, 6.07) is 10.1. The fraction of sp³-hybridized carbons (Fsp3) is 0.286. The number of rotatable bonds is 5. The van der Waals surface area contributed by atoms with E-state index in [1.165, 1.54) is 23.5 Å². The Labute approximate surface area is 177 Å². The van der Waals surface area contributed by atoms with Crippen LogP contribution >= 0.6 is 11.3 Å². The summed E-state index contributed by atoms with van der Waals surface area (Å²) in [7, 11) is 0. The third kappa shape index (κ3) is 4.16. The smallest absolute Gasteiger partial charge is 0.270 e. The highest BCUT2D eigenvalue weighted by Crippen LogP contribution is 2.33. The molecule has 3 aromatic rings. The molecule has 1 aromatic carbocycles. The number of benzene rings is 1. The lowest BCUT2D eigenvalue weighted by molar-refractivity contribution is -0.384. The number of thiazole rings is 1. The van der Waals surface area contributed by atoms with Gasteiger partial charge in [0.2, 0.25) is 0 Å². The molecule has 4 rings (SSSR count). The van der Waals surface area contributed by atoms with Crippen LogP contribution in [0.5, 0.6) is 0 Å². The number of nitro benzene ring substituents is 1. The van der Waals surface area contributed by atoms with Gasteiger partial charge in [-0.25, -0.2) is 4.98 Å². The fourth-order valence-electron chi connectivity index (χ4n) is 3.58. The average molecular weight is 423 g/mol. The van der Waals surface area contributed by atoms with Gasteiger partial charge in [-0.3, -0.25) is 25.2 Å². The van der Waals surface area contributed by atoms with Crippen molar-refractivity contribution in [3.63, 3.8) is 0 Å². The van der Waals surface area contributed by atoms with E-state index in [0.29, 0.717) is 10.7 Å². The number of amides is 1. The molecule has 9 heteroatoms. The van der Waals surface area contributed by atoms with E-state index in [9.17, 15) is 14.9 Å². The van der Waals surface area contributed by atoms with Gasteiger partial charge in [0.15, 0.2) is 5.13 Å². The Morgan fingerprint density at radius 3 is 2.70 bits per heavy atom. The Balaban J connectivity index is 1.64. The Morgan fingerprint density at radius 1 is 1.20 bits per heavy atom. The van der Waals surface area contributed by atoms with Crippen LogP contribution < -0.4 is 10.2 Å². The lowest BCUT2D eigenvalue weighted by Crippen LogP contribution is -2.31. The van der Waals surface area contributed by atoms with Crippen LogP contribution in [0.3, 0.4) is 0 Å². The zero-order valence-electron chi connectivity index (χ0n) is 16.5. The topological polar surface area (TPSA) is 101 Å². The quantitative estimate of drug-likeness (QED) is 0.473. The van der Waals surface area contributed by atoms with E-state index >= 15 is 0 Å². The number of nitrogens with zero attached hydrogens (tertiary/aromatic N) is 4. The first kappa shape index (κ1) is 20.0. The highest BCUT2D eigenvalue weighted by molar-refractivity contribution is 7.19. The minimum Gasteiger partial charge on any atom is -0.371 e. The normalized spacial score (nSPS) is 13.8. The van der Waals surface area contributed by atoms with Crippen LogP contribution in [0.1, 0.15) is 35.3 Å². The van der Waals surface area contributed by atoms with E-state index < -0.39 is 10.8 Å². The van der Waals surface area contributed by atoms with Crippen molar-refractivity contribution in [2.45, 2.75) is 26.2 Å². The number of piperidine rings is 1. The number of carbonyl (C=O) groups is 1. The molecule has 154 valence electrons. The van der Waals surface area contributed by atoms with E-state index in [2.05, 4.69) is 20.2 Å². The van der Waals surface area contributed by atoms with Crippen molar-refractivity contribution in [1.29, 1.82) is 0 Å². The zero-order valence-corrected chi connectivity index (χ0v) is 17.3. The molecule has 1 N–H and O–H groups in total. The van der Waals surface area contributed by atoms with Crippen molar-refractivity contribution in [3.8, 4) is 10.6 Å². The third-order valence-corrected chi connectivity index (χ3v) is 6.14. The van der Waals surface area contributed by atoms with Crippen molar-refractivity contribution in [2.75, 3.05) is 23.3 Å². The van der Waals surface area contributed by atoms with Crippen LogP contribution in [0.25, 0.3) is 10.6 Å². The summed E-state index contributed by atoms with van der Waals surface area (Å²) in [5.74, 6) is -0.402. The summed E-state index contributed by atoms with van der Waals surface area (Å²) >= 11 is 1.33. The molecule has 0 saturated carbocycles. The van der Waals surface area contributed by atoms with Crippen LogP contribution in [-0.4, -0.2) is 33.9 Å². The Kier molecular flexibility index (Phi) is 5.71. The van der Waals surface area contributed by atoms with E-state index in [0.717, 1.165) is 54.3 Å². The average Bonchev–Trinajstić information content (AvgIpc) is 3.14. The number of hydrogen-bond acceptors (Lipinski definition) is 7. The zero-order chi connectivity index (χ0) is 21.1. The number of pyridine rings is 1. The monoisotopic (exact) mass is 423 g/mol. The summed E-state index contributed by atoms with van der Waals surface area (Å²) < 4.78 is 0. The van der Waals surface area contributed by atoms with Gasteiger partial charge in [0.25, 0.3) is 11.6 Å². The molecular weight excluding hydrogens is 402 g/mol. The van der Waals surface area contributed by atoms with Gasteiger partial charge in [-0.1, -0.05) is 17.4 Å². The third-order valence-electron chi connectivity index (χ3n) is 5.05. The van der Waals surface area contributed by atoms with Gasteiger partial charge in [0.05, 0.1) is 32.4 Å². The van der Waals surface area contributed by atoms with Gasteiger partial charge in [0, 0.05) is 31.4 Å². The molecule has 1 aliphatic heterocycles. The molecule has 1 aliphatic rings. The standard InChI is InChI=1S/C21H21N5O3S/c1-14-19(17-7-3-4-10-22-17)30-21(23-14)24-20(27)16-13-15(26(28)29)8-9-18(16)25-11-5-2-6-12-25/h3-4,7-10,13H,2,5-6,11-12H2,1H3,(H,23,24,27). The molecule has 0 bridgehead atoms. The lowest BCUT2D eigenvalue weighted by atomic mass is 10.1. The lowest BCUT2D eigenvalue weighted by Gasteiger charge is -2.30. The highest BCUT2D eigenvalue weighted by Gasteiger charge is 2.23. The van der Waals surface area contributed by atoms with Crippen LogP contribution in [0.15, 0.2) is 42.6 Å². The molecule has 1 saturated heterocycles. The van der Waals surface area contributed by atoms with Crippen molar-refractivity contribution in [2.24, 2.45) is 0 Å². The van der Waals surface area contributed by atoms with Crippen LogP contribution in [0, 0.1) is 17.0 Å². The van der Waals surface area contributed by atoms with Gasteiger partial charge in [0.1, 0.15) is 0 Å². The van der Waals surface area contributed by atoms with Gasteiger partial charge in [-0.15, -0.1) is 0 Å². The molecule has 1 fully saturated rings. The second kappa shape index (κ2) is 8.58. The number of nitro groups is 1. The van der Waals surface area contributed by atoms with E-state index in [-0.39, 0.29) is 5.69 Å². The van der Waals surface area contributed by atoms with Crippen molar-refractivity contribution < 1.29 is 9.72 Å². The number of aryl methyl sites for hydroxylation is 1. The molecule has 0 radical (unpaired) electrons. The SMILES string of the molecule is Cc1nc(NC(=O)c2cc([N+](=O)[O-])ccc2N2CCCCC2)sc1-c1ccccn1. The maximum absolute atomic E-state index is 13.1.